The van der Waals surface area contributed by atoms with E-state index in [-0.39, 0.29) is 5.92 Å². The van der Waals surface area contributed by atoms with Crippen LogP contribution in [-0.2, 0) is 4.65 Å². The topological polar surface area (TPSA) is 60.2 Å². The Bertz CT molecular complexity index is 931. The third kappa shape index (κ3) is 6.05. The summed E-state index contributed by atoms with van der Waals surface area (Å²) < 4.78 is 5.38. The minimum atomic E-state index is 0.131. The molecule has 0 amide bonds. The maximum Gasteiger partial charge on any atom is 0.330 e. The fraction of sp³-hybridized carbons (Fsp3) is 0.208. The monoisotopic (exact) mass is 386 g/mol. The zero-order chi connectivity index (χ0) is 21.1. The second kappa shape index (κ2) is 11.8. The summed E-state index contributed by atoms with van der Waals surface area (Å²) in [6.45, 7) is 10.8. The number of nitrogens with zero attached hydrogens (tertiary/aromatic N) is 1. The first-order chi connectivity index (χ1) is 14.2. The lowest BCUT2D eigenvalue weighted by Gasteiger charge is -2.15. The van der Waals surface area contributed by atoms with E-state index in [1.165, 1.54) is 10.8 Å². The van der Waals surface area contributed by atoms with E-state index >= 15 is 0 Å². The number of nitrogens with one attached hydrogen (secondary N) is 1. The number of fused-ring (bicyclic) bond motifs is 1. The van der Waals surface area contributed by atoms with Crippen molar-refractivity contribution in [1.29, 1.82) is 0 Å². The number of hydrogen-bond donors (Lipinski definition) is 2. The molecular formula is C24H29BN3O. The lowest BCUT2D eigenvalue weighted by Crippen LogP contribution is -2.15. The molecule has 149 valence electrons. The highest BCUT2D eigenvalue weighted by Gasteiger charge is 2.21. The van der Waals surface area contributed by atoms with E-state index < -0.39 is 0 Å². The van der Waals surface area contributed by atoms with Gasteiger partial charge in [0.2, 0.25) is 0 Å². The molecule has 0 spiro atoms. The third-order valence-electron chi connectivity index (χ3n) is 4.69. The van der Waals surface area contributed by atoms with Crippen molar-refractivity contribution in [2.45, 2.75) is 6.92 Å². The highest BCUT2D eigenvalue weighted by molar-refractivity contribution is 6.41. The van der Waals surface area contributed by atoms with Crippen LogP contribution < -0.4 is 11.1 Å². The summed E-state index contributed by atoms with van der Waals surface area (Å²) in [7, 11) is 3.69. The fourth-order valence-corrected chi connectivity index (χ4v) is 3.05. The summed E-state index contributed by atoms with van der Waals surface area (Å²) in [4.78, 5) is 4.05. The number of aromatic nitrogens is 1. The van der Waals surface area contributed by atoms with E-state index in [4.69, 9.17) is 10.4 Å². The zero-order valence-corrected chi connectivity index (χ0v) is 17.3. The van der Waals surface area contributed by atoms with Crippen LogP contribution in [0.5, 0.6) is 0 Å². The van der Waals surface area contributed by atoms with Crippen LogP contribution in [0.3, 0.4) is 0 Å². The normalized spacial score (nSPS) is 17.4. The molecule has 2 aromatic rings. The van der Waals surface area contributed by atoms with Crippen molar-refractivity contribution in [1.82, 2.24) is 4.98 Å². The Kier molecular flexibility index (Phi) is 9.15. The Morgan fingerprint density at radius 1 is 1.34 bits per heavy atom. The molecule has 1 fully saturated rings. The van der Waals surface area contributed by atoms with Gasteiger partial charge >= 0.3 is 7.48 Å². The van der Waals surface area contributed by atoms with Gasteiger partial charge < -0.3 is 15.7 Å². The standard InChI is InChI=1S/C14H19BNO.C10H10N2/c1-4-7-8-14-13(10-17-15-14)12(6-3)11(5-2)9-16;1-11-10-3-2-9-7-12-5-4-8(9)6-10/h4-8,11H,2-3,9-10,16H2,1H3;2-7,11H,1H3/b7-4-,13-12+,14-8+;. The van der Waals surface area contributed by atoms with Crippen LogP contribution >= 0.6 is 0 Å². The summed E-state index contributed by atoms with van der Waals surface area (Å²) in [5.41, 5.74) is 10.2. The van der Waals surface area contributed by atoms with Gasteiger partial charge in [0.05, 0.1) is 6.61 Å². The number of allylic oxidation sites excluding steroid dienone is 4. The van der Waals surface area contributed by atoms with Crippen LogP contribution in [0.4, 0.5) is 5.69 Å². The minimum absolute atomic E-state index is 0.131. The summed E-state index contributed by atoms with van der Waals surface area (Å²) in [6, 6.07) is 8.23. The molecule has 1 aromatic heterocycles. The van der Waals surface area contributed by atoms with Crippen molar-refractivity contribution in [3.63, 3.8) is 0 Å². The average molecular weight is 386 g/mol. The van der Waals surface area contributed by atoms with Crippen molar-refractivity contribution in [2.75, 3.05) is 25.5 Å². The maximum absolute atomic E-state index is 5.74. The molecule has 0 aliphatic carbocycles. The Morgan fingerprint density at radius 2 is 2.17 bits per heavy atom. The molecule has 1 aliphatic heterocycles. The van der Waals surface area contributed by atoms with E-state index in [0.717, 1.165) is 22.3 Å². The molecule has 0 bridgehead atoms. The maximum atomic E-state index is 5.74. The van der Waals surface area contributed by atoms with Gasteiger partial charge in [0, 0.05) is 43.0 Å². The van der Waals surface area contributed by atoms with Gasteiger partial charge in [-0.05, 0) is 47.1 Å². The van der Waals surface area contributed by atoms with Gasteiger partial charge in [-0.2, -0.15) is 0 Å². The molecule has 1 radical (unpaired) electrons. The molecule has 1 atom stereocenters. The Balaban J connectivity index is 0.000000218. The molecule has 1 saturated heterocycles. The first-order valence-corrected chi connectivity index (χ1v) is 9.66. The van der Waals surface area contributed by atoms with Gasteiger partial charge in [-0.15, -0.1) is 6.58 Å². The molecule has 4 nitrogen and oxygen atoms in total. The van der Waals surface area contributed by atoms with Gasteiger partial charge in [-0.3, -0.25) is 4.98 Å². The van der Waals surface area contributed by atoms with Crippen molar-refractivity contribution < 1.29 is 4.65 Å². The molecular weight excluding hydrogens is 357 g/mol. The molecule has 0 saturated carbocycles. The number of hydrogen-bond acceptors (Lipinski definition) is 4. The van der Waals surface area contributed by atoms with Crippen molar-refractivity contribution >= 4 is 23.9 Å². The lowest BCUT2D eigenvalue weighted by atomic mass is 9.80. The third-order valence-corrected chi connectivity index (χ3v) is 4.69. The number of nitrogens with two attached hydrogens (primary N) is 1. The van der Waals surface area contributed by atoms with Gasteiger partial charge in [-0.1, -0.05) is 43.0 Å². The number of anilines is 1. The van der Waals surface area contributed by atoms with Crippen molar-refractivity contribution in [3.8, 4) is 0 Å². The van der Waals surface area contributed by atoms with Crippen LogP contribution in [0.1, 0.15) is 6.92 Å². The molecule has 1 unspecified atom stereocenters. The van der Waals surface area contributed by atoms with Crippen LogP contribution in [0, 0.1) is 5.92 Å². The highest BCUT2D eigenvalue weighted by atomic mass is 16.4. The van der Waals surface area contributed by atoms with Gasteiger partial charge in [0.1, 0.15) is 0 Å². The van der Waals surface area contributed by atoms with E-state index in [0.29, 0.717) is 13.2 Å². The van der Waals surface area contributed by atoms with Crippen LogP contribution in [0.25, 0.3) is 10.8 Å². The summed E-state index contributed by atoms with van der Waals surface area (Å²) >= 11 is 0. The predicted molar refractivity (Wildman–Crippen MR) is 126 cm³/mol. The number of rotatable bonds is 6. The van der Waals surface area contributed by atoms with Gasteiger partial charge in [0.25, 0.3) is 0 Å². The first-order valence-electron chi connectivity index (χ1n) is 9.66. The fourth-order valence-electron chi connectivity index (χ4n) is 3.05. The first kappa shape index (κ1) is 22.4. The minimum Gasteiger partial charge on any atom is -0.430 e. The summed E-state index contributed by atoms with van der Waals surface area (Å²) in [5, 5.41) is 5.50. The Hall–Kier alpha value is -2.89. The summed E-state index contributed by atoms with van der Waals surface area (Å²) in [5.74, 6) is 0.131. The SMILES string of the molecule is C=C/C(=C1/CO[B]/C1=C/C=C\C)C(C=C)CN.CNc1ccc2cnccc2c1. The second-order valence-corrected chi connectivity index (χ2v) is 6.48. The zero-order valence-electron chi connectivity index (χ0n) is 17.3. The van der Waals surface area contributed by atoms with Crippen LogP contribution in [0.15, 0.2) is 96.8 Å². The van der Waals surface area contributed by atoms with Gasteiger partial charge in [0.15, 0.2) is 0 Å². The number of benzene rings is 1. The average Bonchev–Trinajstić information content (AvgIpc) is 3.24. The Labute approximate surface area is 174 Å². The van der Waals surface area contributed by atoms with Crippen LogP contribution in [-0.4, -0.2) is 32.7 Å². The van der Waals surface area contributed by atoms with E-state index in [2.05, 4.69) is 35.6 Å². The van der Waals surface area contributed by atoms with Crippen LogP contribution in [0.2, 0.25) is 0 Å². The Morgan fingerprint density at radius 3 is 2.83 bits per heavy atom. The smallest absolute Gasteiger partial charge is 0.330 e. The molecule has 3 N–H and O–H groups in total. The quantitative estimate of drug-likeness (QED) is 0.562. The second-order valence-electron chi connectivity index (χ2n) is 6.48. The molecule has 3 rings (SSSR count). The lowest BCUT2D eigenvalue weighted by molar-refractivity contribution is 0.399. The van der Waals surface area contributed by atoms with Crippen molar-refractivity contribution in [3.05, 3.63) is 96.8 Å². The molecule has 29 heavy (non-hydrogen) atoms. The van der Waals surface area contributed by atoms with E-state index in [1.807, 2.05) is 68.9 Å². The van der Waals surface area contributed by atoms with Gasteiger partial charge in [-0.25, -0.2) is 0 Å². The number of pyridine rings is 1. The van der Waals surface area contributed by atoms with Crippen molar-refractivity contribution in [2.24, 2.45) is 11.7 Å². The summed E-state index contributed by atoms with van der Waals surface area (Å²) in [6.07, 6.45) is 13.4. The van der Waals surface area contributed by atoms with E-state index in [1.54, 1.807) is 7.48 Å². The van der Waals surface area contributed by atoms with E-state index in [9.17, 15) is 0 Å². The highest BCUT2D eigenvalue weighted by Crippen LogP contribution is 2.26. The molecule has 2 heterocycles. The molecule has 5 heteroatoms. The molecule has 1 aromatic carbocycles. The molecule has 1 aliphatic rings. The largest absolute Gasteiger partial charge is 0.430 e. The predicted octanol–water partition coefficient (Wildman–Crippen LogP) is 4.62.